The Labute approximate surface area is 82.7 Å². The van der Waals surface area contributed by atoms with Gasteiger partial charge in [-0.15, -0.1) is 0 Å². The number of carbonyl (C=O) groups excluding carboxylic acids is 1. The number of para-hydroxylation sites is 1. The minimum Gasteiger partial charge on any atom is -0.490 e. The number of carbonyl (C=O) groups is 1. The van der Waals surface area contributed by atoms with E-state index in [1.165, 1.54) is 6.07 Å². The van der Waals surface area contributed by atoms with Crippen LogP contribution < -0.4 is 4.74 Å². The Morgan fingerprint density at radius 1 is 1.43 bits per heavy atom. The normalized spacial score (nSPS) is 9.86. The molecule has 0 aromatic heterocycles. The molecule has 0 bridgehead atoms. The Balaban J connectivity index is 2.39. The molecule has 0 saturated heterocycles. The number of halogens is 1. The van der Waals surface area contributed by atoms with E-state index in [9.17, 15) is 9.18 Å². The number of rotatable bonds is 5. The van der Waals surface area contributed by atoms with Crippen molar-refractivity contribution in [1.82, 2.24) is 0 Å². The van der Waals surface area contributed by atoms with E-state index in [1.807, 2.05) is 0 Å². The van der Waals surface area contributed by atoms with E-state index >= 15 is 0 Å². The van der Waals surface area contributed by atoms with Gasteiger partial charge in [-0.3, -0.25) is 4.79 Å². The van der Waals surface area contributed by atoms with Crippen LogP contribution in [0.1, 0.15) is 19.8 Å². The van der Waals surface area contributed by atoms with E-state index in [-0.39, 0.29) is 18.1 Å². The molecule has 2 nitrogen and oxygen atoms in total. The van der Waals surface area contributed by atoms with Gasteiger partial charge < -0.3 is 4.74 Å². The monoisotopic (exact) mass is 196 g/mol. The van der Waals surface area contributed by atoms with Crippen molar-refractivity contribution in [2.75, 3.05) is 6.61 Å². The van der Waals surface area contributed by atoms with Crippen LogP contribution in [0.5, 0.6) is 5.75 Å². The maximum Gasteiger partial charge on any atom is 0.165 e. The second-order valence-electron chi connectivity index (χ2n) is 2.92. The van der Waals surface area contributed by atoms with Crippen LogP contribution in [0.4, 0.5) is 4.39 Å². The summed E-state index contributed by atoms with van der Waals surface area (Å²) in [6.07, 6.45) is 0.839. The zero-order valence-electron chi connectivity index (χ0n) is 8.13. The topological polar surface area (TPSA) is 26.3 Å². The molecule has 3 heteroatoms. The van der Waals surface area contributed by atoms with Crippen LogP contribution in [0.25, 0.3) is 0 Å². The summed E-state index contributed by atoms with van der Waals surface area (Å²) in [5, 5.41) is 0. The molecule has 0 aliphatic heterocycles. The molecule has 0 radical (unpaired) electrons. The van der Waals surface area contributed by atoms with Crippen LogP contribution >= 0.6 is 0 Å². The highest BCUT2D eigenvalue weighted by molar-refractivity contribution is 5.78. The predicted octanol–water partition coefficient (Wildman–Crippen LogP) is 2.57. The molecule has 0 unspecified atom stereocenters. The number of ketones is 1. The van der Waals surface area contributed by atoms with Crippen LogP contribution in [-0.2, 0) is 4.79 Å². The second-order valence-corrected chi connectivity index (χ2v) is 2.92. The number of Topliss-reactive ketones (excluding diaryl/α,β-unsaturated/α-hetero) is 1. The standard InChI is InChI=1S/C11H13FO2/c1-2-9(13)7-8-14-11-6-4-3-5-10(11)12/h3-6H,2,7-8H2,1H3. The summed E-state index contributed by atoms with van der Waals surface area (Å²) in [4.78, 5) is 10.9. The van der Waals surface area contributed by atoms with Gasteiger partial charge in [-0.2, -0.15) is 0 Å². The predicted molar refractivity (Wildman–Crippen MR) is 51.8 cm³/mol. The lowest BCUT2D eigenvalue weighted by Gasteiger charge is -2.05. The zero-order valence-corrected chi connectivity index (χ0v) is 8.13. The van der Waals surface area contributed by atoms with Gasteiger partial charge >= 0.3 is 0 Å². The van der Waals surface area contributed by atoms with Crippen molar-refractivity contribution in [3.63, 3.8) is 0 Å². The summed E-state index contributed by atoms with van der Waals surface area (Å²) in [6.45, 7) is 2.04. The maximum absolute atomic E-state index is 13.0. The molecule has 0 aliphatic rings. The Morgan fingerprint density at radius 3 is 2.79 bits per heavy atom. The first-order valence-corrected chi connectivity index (χ1v) is 4.63. The summed E-state index contributed by atoms with van der Waals surface area (Å²) >= 11 is 0. The maximum atomic E-state index is 13.0. The van der Waals surface area contributed by atoms with E-state index in [2.05, 4.69) is 0 Å². The Hall–Kier alpha value is -1.38. The highest BCUT2D eigenvalue weighted by atomic mass is 19.1. The van der Waals surface area contributed by atoms with Gasteiger partial charge in [-0.05, 0) is 12.1 Å². The van der Waals surface area contributed by atoms with E-state index in [0.717, 1.165) is 0 Å². The number of hydrogen-bond acceptors (Lipinski definition) is 2. The van der Waals surface area contributed by atoms with Gasteiger partial charge in [0.2, 0.25) is 0 Å². The van der Waals surface area contributed by atoms with Crippen molar-refractivity contribution in [1.29, 1.82) is 0 Å². The van der Waals surface area contributed by atoms with E-state index < -0.39 is 5.82 Å². The first-order chi connectivity index (χ1) is 6.74. The van der Waals surface area contributed by atoms with Gasteiger partial charge in [0.1, 0.15) is 5.78 Å². The van der Waals surface area contributed by atoms with Gasteiger partial charge in [-0.25, -0.2) is 4.39 Å². The molecule has 1 rings (SSSR count). The van der Waals surface area contributed by atoms with Gasteiger partial charge in [-0.1, -0.05) is 19.1 Å². The Morgan fingerprint density at radius 2 is 2.14 bits per heavy atom. The molecule has 0 saturated carbocycles. The molecular formula is C11H13FO2. The summed E-state index contributed by atoms with van der Waals surface area (Å²) in [7, 11) is 0. The van der Waals surface area contributed by atoms with E-state index in [4.69, 9.17) is 4.74 Å². The quantitative estimate of drug-likeness (QED) is 0.723. The molecule has 0 N–H and O–H groups in total. The zero-order chi connectivity index (χ0) is 10.4. The summed E-state index contributed by atoms with van der Waals surface area (Å²) in [5.41, 5.74) is 0. The summed E-state index contributed by atoms with van der Waals surface area (Å²) in [6, 6.07) is 6.17. The molecule has 0 aliphatic carbocycles. The number of ether oxygens (including phenoxy) is 1. The Bertz CT molecular complexity index is 310. The van der Waals surface area contributed by atoms with Crippen molar-refractivity contribution < 1.29 is 13.9 Å². The van der Waals surface area contributed by atoms with Crippen LogP contribution in [0.15, 0.2) is 24.3 Å². The molecule has 0 fully saturated rings. The fourth-order valence-corrected chi connectivity index (χ4v) is 1.01. The van der Waals surface area contributed by atoms with Crippen LogP contribution in [0, 0.1) is 5.82 Å². The van der Waals surface area contributed by atoms with E-state index in [0.29, 0.717) is 12.8 Å². The highest BCUT2D eigenvalue weighted by Crippen LogP contribution is 2.15. The third-order valence-electron chi connectivity index (χ3n) is 1.87. The van der Waals surface area contributed by atoms with Crippen molar-refractivity contribution in [3.8, 4) is 5.75 Å². The highest BCUT2D eigenvalue weighted by Gasteiger charge is 2.02. The summed E-state index contributed by atoms with van der Waals surface area (Å²) in [5.74, 6) is -0.0609. The van der Waals surface area contributed by atoms with Crippen LogP contribution in [0.2, 0.25) is 0 Å². The fourth-order valence-electron chi connectivity index (χ4n) is 1.01. The molecule has 14 heavy (non-hydrogen) atoms. The van der Waals surface area contributed by atoms with Crippen LogP contribution in [-0.4, -0.2) is 12.4 Å². The molecule has 0 spiro atoms. The SMILES string of the molecule is CCC(=O)CCOc1ccccc1F. The Kier molecular flexibility index (Phi) is 4.11. The first-order valence-electron chi connectivity index (χ1n) is 4.63. The average molecular weight is 196 g/mol. The molecule has 0 atom stereocenters. The molecule has 1 aromatic carbocycles. The molecule has 76 valence electrons. The minimum atomic E-state index is -0.392. The smallest absolute Gasteiger partial charge is 0.165 e. The van der Waals surface area contributed by atoms with Crippen molar-refractivity contribution in [2.45, 2.75) is 19.8 Å². The molecule has 0 amide bonds. The van der Waals surface area contributed by atoms with Crippen molar-refractivity contribution in [3.05, 3.63) is 30.1 Å². The molecule has 0 heterocycles. The van der Waals surface area contributed by atoms with Gasteiger partial charge in [0, 0.05) is 12.8 Å². The van der Waals surface area contributed by atoms with Gasteiger partial charge in [0.05, 0.1) is 6.61 Å². The lowest BCUT2D eigenvalue weighted by atomic mass is 10.2. The van der Waals surface area contributed by atoms with Crippen molar-refractivity contribution >= 4 is 5.78 Å². The third kappa shape index (κ3) is 3.17. The lowest BCUT2D eigenvalue weighted by molar-refractivity contribution is -0.119. The minimum absolute atomic E-state index is 0.126. The van der Waals surface area contributed by atoms with Gasteiger partial charge in [0.25, 0.3) is 0 Å². The number of benzene rings is 1. The lowest BCUT2D eigenvalue weighted by Crippen LogP contribution is -2.05. The molecule has 1 aromatic rings. The van der Waals surface area contributed by atoms with E-state index in [1.54, 1.807) is 25.1 Å². The van der Waals surface area contributed by atoms with Gasteiger partial charge in [0.15, 0.2) is 11.6 Å². The fraction of sp³-hybridized carbons (Fsp3) is 0.364. The third-order valence-corrected chi connectivity index (χ3v) is 1.87. The van der Waals surface area contributed by atoms with Crippen molar-refractivity contribution in [2.24, 2.45) is 0 Å². The summed E-state index contributed by atoms with van der Waals surface area (Å²) < 4.78 is 18.1. The second kappa shape index (κ2) is 5.37. The number of hydrogen-bond donors (Lipinski definition) is 0. The van der Waals surface area contributed by atoms with Crippen LogP contribution in [0.3, 0.4) is 0 Å². The first kappa shape index (κ1) is 10.7. The molecular weight excluding hydrogens is 183 g/mol. The largest absolute Gasteiger partial charge is 0.490 e. The average Bonchev–Trinajstić information content (AvgIpc) is 2.20.